The molecule has 2 amide bonds. The molecule has 0 aliphatic rings. The molecule has 6 heteroatoms. The molecule has 0 atom stereocenters. The monoisotopic (exact) mass is 417 g/mol. The van der Waals surface area contributed by atoms with Crippen LogP contribution in [-0.4, -0.2) is 23.4 Å². The van der Waals surface area contributed by atoms with Gasteiger partial charge in [0.2, 0.25) is 0 Å². The molecule has 31 heavy (non-hydrogen) atoms. The highest BCUT2D eigenvalue weighted by Gasteiger charge is 2.13. The maximum atomic E-state index is 12.6. The Labute approximate surface area is 182 Å². The Hall–Kier alpha value is -3.67. The lowest BCUT2D eigenvalue weighted by Crippen LogP contribution is -2.25. The molecule has 6 nitrogen and oxygen atoms in total. The van der Waals surface area contributed by atoms with Gasteiger partial charge in [0.1, 0.15) is 5.75 Å². The summed E-state index contributed by atoms with van der Waals surface area (Å²) >= 11 is 0. The van der Waals surface area contributed by atoms with Gasteiger partial charge < -0.3 is 15.4 Å². The van der Waals surface area contributed by atoms with Crippen LogP contribution in [0.4, 0.5) is 5.69 Å². The summed E-state index contributed by atoms with van der Waals surface area (Å²) < 4.78 is 5.63. The molecule has 0 saturated heterocycles. The van der Waals surface area contributed by atoms with Crippen molar-refractivity contribution in [2.24, 2.45) is 0 Å². The number of carbonyl (C=O) groups excluding carboxylic acids is 2. The minimum atomic E-state index is -0.288. The van der Waals surface area contributed by atoms with Crippen LogP contribution in [0, 0.1) is 0 Å². The molecule has 3 rings (SSSR count). The molecule has 0 radical (unpaired) electrons. The highest BCUT2D eigenvalue weighted by Crippen LogP contribution is 2.18. The Bertz CT molecular complexity index is 988. The predicted octanol–water partition coefficient (Wildman–Crippen LogP) is 4.37. The molecule has 0 fully saturated rings. The van der Waals surface area contributed by atoms with Crippen LogP contribution < -0.4 is 15.4 Å². The van der Waals surface area contributed by atoms with E-state index in [0.29, 0.717) is 17.9 Å². The Morgan fingerprint density at radius 3 is 2.48 bits per heavy atom. The normalized spacial score (nSPS) is 10.4. The summed E-state index contributed by atoms with van der Waals surface area (Å²) in [4.78, 5) is 29.0. The van der Waals surface area contributed by atoms with Crippen molar-refractivity contribution in [1.82, 2.24) is 10.3 Å². The number of unbranched alkanes of at least 4 members (excludes halogenated alkanes) is 1. The summed E-state index contributed by atoms with van der Waals surface area (Å²) in [6.45, 7) is 2.28. The van der Waals surface area contributed by atoms with E-state index in [9.17, 15) is 9.59 Å². The van der Waals surface area contributed by atoms with Gasteiger partial charge in [-0.2, -0.15) is 0 Å². The van der Waals surface area contributed by atoms with Gasteiger partial charge in [0, 0.05) is 11.9 Å². The maximum Gasteiger partial charge on any atom is 0.262 e. The number of para-hydroxylation sites is 1. The van der Waals surface area contributed by atoms with Gasteiger partial charge in [0.05, 0.1) is 17.8 Å². The molecule has 3 aromatic rings. The number of hydrogen-bond donors (Lipinski definition) is 2. The second-order valence-corrected chi connectivity index (χ2v) is 7.14. The van der Waals surface area contributed by atoms with Crippen LogP contribution in [-0.2, 0) is 17.8 Å². The van der Waals surface area contributed by atoms with Crippen LogP contribution in [0.5, 0.6) is 5.75 Å². The molecule has 1 aromatic heterocycles. The molecule has 0 aliphatic carbocycles. The molecule has 1 heterocycles. The van der Waals surface area contributed by atoms with E-state index in [0.717, 1.165) is 30.6 Å². The van der Waals surface area contributed by atoms with E-state index in [2.05, 4.69) is 22.5 Å². The average Bonchev–Trinajstić information content (AvgIpc) is 2.81. The Balaban J connectivity index is 1.53. The van der Waals surface area contributed by atoms with Crippen LogP contribution >= 0.6 is 0 Å². The highest BCUT2D eigenvalue weighted by atomic mass is 16.5. The lowest BCUT2D eigenvalue weighted by Gasteiger charge is -2.12. The predicted molar refractivity (Wildman–Crippen MR) is 121 cm³/mol. The van der Waals surface area contributed by atoms with Gasteiger partial charge in [0.25, 0.3) is 11.8 Å². The summed E-state index contributed by atoms with van der Waals surface area (Å²) in [7, 11) is 0. The molecule has 0 saturated carbocycles. The van der Waals surface area contributed by atoms with Crippen LogP contribution in [0.1, 0.15) is 41.4 Å². The molecule has 0 spiro atoms. The van der Waals surface area contributed by atoms with Crippen molar-refractivity contribution in [2.75, 3.05) is 11.9 Å². The van der Waals surface area contributed by atoms with Gasteiger partial charge in [-0.05, 0) is 54.8 Å². The van der Waals surface area contributed by atoms with Crippen molar-refractivity contribution in [3.63, 3.8) is 0 Å². The van der Waals surface area contributed by atoms with E-state index in [1.165, 1.54) is 5.56 Å². The Morgan fingerprint density at radius 2 is 1.74 bits per heavy atom. The van der Waals surface area contributed by atoms with Crippen molar-refractivity contribution < 1.29 is 14.3 Å². The second-order valence-electron chi connectivity index (χ2n) is 7.14. The fourth-order valence-corrected chi connectivity index (χ4v) is 3.02. The molecule has 0 bridgehead atoms. The van der Waals surface area contributed by atoms with E-state index in [1.807, 2.05) is 42.5 Å². The number of aryl methyl sites for hydroxylation is 1. The zero-order chi connectivity index (χ0) is 21.9. The first-order chi connectivity index (χ1) is 15.2. The van der Waals surface area contributed by atoms with Gasteiger partial charge in [0.15, 0.2) is 6.61 Å². The number of ether oxygens (including phenoxy) is 1. The molecule has 160 valence electrons. The fourth-order valence-electron chi connectivity index (χ4n) is 3.02. The number of aromatic nitrogens is 1. The number of carbonyl (C=O) groups is 2. The summed E-state index contributed by atoms with van der Waals surface area (Å²) in [6, 6.07) is 20.2. The quantitative estimate of drug-likeness (QED) is 0.513. The third-order valence-corrected chi connectivity index (χ3v) is 4.70. The maximum absolute atomic E-state index is 12.6. The molecule has 2 aromatic carbocycles. The minimum Gasteiger partial charge on any atom is -0.483 e. The zero-order valence-corrected chi connectivity index (χ0v) is 17.6. The van der Waals surface area contributed by atoms with E-state index >= 15 is 0 Å². The van der Waals surface area contributed by atoms with Crippen molar-refractivity contribution in [3.05, 3.63) is 89.7 Å². The van der Waals surface area contributed by atoms with Crippen molar-refractivity contribution >= 4 is 17.5 Å². The first-order valence-corrected chi connectivity index (χ1v) is 10.4. The number of hydrogen-bond acceptors (Lipinski definition) is 4. The Morgan fingerprint density at radius 1 is 0.968 bits per heavy atom. The lowest BCUT2D eigenvalue weighted by atomic mass is 10.1. The molecule has 0 aliphatic heterocycles. The zero-order valence-electron chi connectivity index (χ0n) is 17.6. The van der Waals surface area contributed by atoms with Gasteiger partial charge in [-0.3, -0.25) is 14.6 Å². The number of amides is 2. The van der Waals surface area contributed by atoms with Crippen molar-refractivity contribution in [1.29, 1.82) is 0 Å². The summed E-state index contributed by atoms with van der Waals surface area (Å²) in [6.07, 6.45) is 5.01. The summed E-state index contributed by atoms with van der Waals surface area (Å²) in [5, 5.41) is 5.64. The molecule has 0 unspecified atom stereocenters. The van der Waals surface area contributed by atoms with E-state index < -0.39 is 0 Å². The van der Waals surface area contributed by atoms with Gasteiger partial charge in [-0.25, -0.2) is 0 Å². The smallest absolute Gasteiger partial charge is 0.262 e. The van der Waals surface area contributed by atoms with Crippen LogP contribution in [0.3, 0.4) is 0 Å². The van der Waals surface area contributed by atoms with Crippen molar-refractivity contribution in [2.45, 2.75) is 32.7 Å². The van der Waals surface area contributed by atoms with E-state index in [1.54, 1.807) is 30.5 Å². The standard InChI is InChI=1S/C25H27N3O3/c1-2-3-8-19-12-14-20(15-13-19)28-24(29)18-31-23-11-5-4-10-22(23)25(30)27-17-21-9-6-7-16-26-21/h4-7,9-16H,2-3,8,17-18H2,1H3,(H,27,30)(H,28,29). The Kier molecular flexibility index (Phi) is 8.17. The first-order valence-electron chi connectivity index (χ1n) is 10.4. The number of rotatable bonds is 10. The van der Waals surface area contributed by atoms with Crippen molar-refractivity contribution in [3.8, 4) is 5.75 Å². The first kappa shape index (κ1) is 22.0. The molecule has 2 N–H and O–H groups in total. The van der Waals surface area contributed by atoms with Crippen LogP contribution in [0.2, 0.25) is 0 Å². The topological polar surface area (TPSA) is 80.3 Å². The van der Waals surface area contributed by atoms with E-state index in [-0.39, 0.29) is 18.4 Å². The minimum absolute atomic E-state index is 0.192. The van der Waals surface area contributed by atoms with Crippen LogP contribution in [0.15, 0.2) is 72.9 Å². The largest absolute Gasteiger partial charge is 0.483 e. The van der Waals surface area contributed by atoms with Gasteiger partial charge in [-0.15, -0.1) is 0 Å². The van der Waals surface area contributed by atoms with Gasteiger partial charge >= 0.3 is 0 Å². The number of benzene rings is 2. The van der Waals surface area contributed by atoms with Crippen LogP contribution in [0.25, 0.3) is 0 Å². The lowest BCUT2D eigenvalue weighted by molar-refractivity contribution is -0.118. The highest BCUT2D eigenvalue weighted by molar-refractivity contribution is 5.97. The van der Waals surface area contributed by atoms with E-state index in [4.69, 9.17) is 4.74 Å². The third kappa shape index (κ3) is 6.96. The average molecular weight is 418 g/mol. The molecular formula is C25H27N3O3. The molecular weight excluding hydrogens is 390 g/mol. The summed E-state index contributed by atoms with van der Waals surface area (Å²) in [5.74, 6) is -0.222. The second kappa shape index (κ2) is 11.5. The number of pyridine rings is 1. The van der Waals surface area contributed by atoms with Gasteiger partial charge in [-0.1, -0.05) is 43.7 Å². The summed E-state index contributed by atoms with van der Waals surface area (Å²) in [5.41, 5.74) is 3.10. The number of anilines is 1. The fraction of sp³-hybridized carbons (Fsp3) is 0.240. The SMILES string of the molecule is CCCCc1ccc(NC(=O)COc2ccccc2C(=O)NCc2ccccn2)cc1. The number of nitrogens with one attached hydrogen (secondary N) is 2. The number of nitrogens with zero attached hydrogens (tertiary/aromatic N) is 1. The third-order valence-electron chi connectivity index (χ3n) is 4.70.